The maximum Gasteiger partial charge on any atom is 0.171 e. The molecule has 1 aromatic rings. The van der Waals surface area contributed by atoms with E-state index in [1.165, 1.54) is 0 Å². The molecule has 2 N–H and O–H groups in total. The van der Waals surface area contributed by atoms with E-state index >= 15 is 0 Å². The number of pyridine rings is 1. The van der Waals surface area contributed by atoms with Crippen molar-refractivity contribution in [2.45, 2.75) is 6.92 Å². The standard InChI is InChI=1S/C8H9BrClN3S/c1-4-5(10)3-12-7(6(4)9)13-8(14)11-2/h3H,1-2H3,(H2,11,12,13,14). The molecule has 14 heavy (non-hydrogen) atoms. The highest BCUT2D eigenvalue weighted by atomic mass is 79.9. The van der Waals surface area contributed by atoms with Gasteiger partial charge < -0.3 is 10.6 Å². The molecule has 0 bridgehead atoms. The Bertz CT molecular complexity index is 370. The summed E-state index contributed by atoms with van der Waals surface area (Å²) in [5, 5.41) is 6.87. The van der Waals surface area contributed by atoms with Crippen LogP contribution in [-0.2, 0) is 0 Å². The molecule has 0 spiro atoms. The maximum absolute atomic E-state index is 5.89. The van der Waals surface area contributed by atoms with Crippen LogP contribution < -0.4 is 10.6 Å². The van der Waals surface area contributed by atoms with Gasteiger partial charge in [-0.2, -0.15) is 0 Å². The van der Waals surface area contributed by atoms with Gasteiger partial charge in [-0.3, -0.25) is 0 Å². The summed E-state index contributed by atoms with van der Waals surface area (Å²) < 4.78 is 0.822. The molecule has 0 amide bonds. The molecule has 1 rings (SSSR count). The zero-order valence-electron chi connectivity index (χ0n) is 7.69. The van der Waals surface area contributed by atoms with Crippen molar-refractivity contribution < 1.29 is 0 Å². The van der Waals surface area contributed by atoms with Crippen LogP contribution in [0.25, 0.3) is 0 Å². The fourth-order valence-electron chi connectivity index (χ4n) is 0.814. The summed E-state index contributed by atoms with van der Waals surface area (Å²) in [6.45, 7) is 1.90. The van der Waals surface area contributed by atoms with Crippen molar-refractivity contribution in [3.63, 3.8) is 0 Å². The third-order valence-electron chi connectivity index (χ3n) is 1.66. The van der Waals surface area contributed by atoms with Crippen molar-refractivity contribution in [1.82, 2.24) is 10.3 Å². The number of halogens is 2. The van der Waals surface area contributed by atoms with Gasteiger partial charge in [-0.15, -0.1) is 0 Å². The summed E-state index contributed by atoms with van der Waals surface area (Å²) in [5.41, 5.74) is 0.933. The van der Waals surface area contributed by atoms with E-state index in [0.717, 1.165) is 10.0 Å². The number of hydrogen-bond acceptors (Lipinski definition) is 2. The molecule has 0 atom stereocenters. The first-order chi connectivity index (χ1) is 6.56. The molecule has 3 nitrogen and oxygen atoms in total. The predicted molar refractivity (Wildman–Crippen MR) is 67.0 cm³/mol. The first-order valence-electron chi connectivity index (χ1n) is 3.85. The van der Waals surface area contributed by atoms with E-state index in [9.17, 15) is 0 Å². The zero-order valence-corrected chi connectivity index (χ0v) is 10.8. The van der Waals surface area contributed by atoms with Crippen LogP contribution in [0, 0.1) is 6.92 Å². The van der Waals surface area contributed by atoms with Gasteiger partial charge in [0.25, 0.3) is 0 Å². The van der Waals surface area contributed by atoms with E-state index in [2.05, 4.69) is 31.5 Å². The summed E-state index contributed by atoms with van der Waals surface area (Å²) in [7, 11) is 1.74. The summed E-state index contributed by atoms with van der Waals surface area (Å²) in [4.78, 5) is 4.11. The van der Waals surface area contributed by atoms with Gasteiger partial charge in [-0.05, 0) is 40.6 Å². The molecule has 0 radical (unpaired) electrons. The molecule has 0 aliphatic heterocycles. The number of hydrogen-bond donors (Lipinski definition) is 2. The number of anilines is 1. The van der Waals surface area contributed by atoms with E-state index in [-0.39, 0.29) is 0 Å². The summed E-state index contributed by atoms with van der Waals surface area (Å²) in [5.74, 6) is 0.659. The number of nitrogens with one attached hydrogen (secondary N) is 2. The van der Waals surface area contributed by atoms with Gasteiger partial charge in [-0.25, -0.2) is 4.98 Å². The van der Waals surface area contributed by atoms with Gasteiger partial charge in [0.05, 0.1) is 9.50 Å². The topological polar surface area (TPSA) is 37.0 Å². The molecule has 0 saturated heterocycles. The second kappa shape index (κ2) is 4.91. The number of thiocarbonyl (C=S) groups is 1. The molecule has 1 heterocycles. The Morgan fingerprint density at radius 2 is 2.29 bits per heavy atom. The molecule has 76 valence electrons. The van der Waals surface area contributed by atoms with E-state index in [1.54, 1.807) is 13.2 Å². The van der Waals surface area contributed by atoms with Crippen LogP contribution in [-0.4, -0.2) is 17.1 Å². The highest BCUT2D eigenvalue weighted by Crippen LogP contribution is 2.28. The lowest BCUT2D eigenvalue weighted by Gasteiger charge is -2.10. The molecule has 0 fully saturated rings. The van der Waals surface area contributed by atoms with Gasteiger partial charge in [0.1, 0.15) is 5.82 Å². The first kappa shape index (κ1) is 11.7. The second-order valence-corrected chi connectivity index (χ2v) is 4.21. The van der Waals surface area contributed by atoms with Gasteiger partial charge in [0.2, 0.25) is 0 Å². The van der Waals surface area contributed by atoms with Gasteiger partial charge >= 0.3 is 0 Å². The summed E-state index contributed by atoms with van der Waals surface area (Å²) in [6, 6.07) is 0. The van der Waals surface area contributed by atoms with Gasteiger partial charge in [0, 0.05) is 13.2 Å². The van der Waals surface area contributed by atoms with E-state index in [0.29, 0.717) is 16.0 Å². The van der Waals surface area contributed by atoms with E-state index < -0.39 is 0 Å². The van der Waals surface area contributed by atoms with Crippen LogP contribution in [0.1, 0.15) is 5.56 Å². The number of rotatable bonds is 1. The van der Waals surface area contributed by atoms with Crippen LogP contribution in [0.4, 0.5) is 5.82 Å². The third kappa shape index (κ3) is 2.56. The molecule has 0 aliphatic carbocycles. The molecule has 0 unspecified atom stereocenters. The monoisotopic (exact) mass is 293 g/mol. The molecule has 1 aromatic heterocycles. The minimum absolute atomic E-state index is 0.514. The van der Waals surface area contributed by atoms with Crippen LogP contribution in [0.3, 0.4) is 0 Å². The molecule has 6 heteroatoms. The Hall–Kier alpha value is -0.390. The zero-order chi connectivity index (χ0) is 10.7. The molecular weight excluding hydrogens is 286 g/mol. The lowest BCUT2D eigenvalue weighted by atomic mass is 10.3. The fourth-order valence-corrected chi connectivity index (χ4v) is 1.58. The van der Waals surface area contributed by atoms with Crippen molar-refractivity contribution in [2.24, 2.45) is 0 Å². The van der Waals surface area contributed by atoms with Crippen LogP contribution in [0.15, 0.2) is 10.7 Å². The highest BCUT2D eigenvalue weighted by Gasteiger charge is 2.08. The van der Waals surface area contributed by atoms with Gasteiger partial charge in [-0.1, -0.05) is 11.6 Å². The Morgan fingerprint density at radius 3 is 2.86 bits per heavy atom. The number of aromatic nitrogens is 1. The first-order valence-corrected chi connectivity index (χ1v) is 5.43. The number of nitrogens with zero attached hydrogens (tertiary/aromatic N) is 1. The van der Waals surface area contributed by atoms with Crippen molar-refractivity contribution >= 4 is 50.7 Å². The third-order valence-corrected chi connectivity index (χ3v) is 3.32. The van der Waals surface area contributed by atoms with Crippen molar-refractivity contribution in [3.8, 4) is 0 Å². The molecule has 0 aromatic carbocycles. The predicted octanol–water partition coefficient (Wildman–Crippen LogP) is 2.72. The highest BCUT2D eigenvalue weighted by molar-refractivity contribution is 9.10. The summed E-state index contributed by atoms with van der Waals surface area (Å²) in [6.07, 6.45) is 1.59. The van der Waals surface area contributed by atoms with E-state index in [1.807, 2.05) is 6.92 Å². The Morgan fingerprint density at radius 1 is 1.64 bits per heavy atom. The Kier molecular flexibility index (Phi) is 4.10. The molecule has 0 aliphatic rings. The lowest BCUT2D eigenvalue weighted by Crippen LogP contribution is -2.24. The maximum atomic E-state index is 5.89. The minimum Gasteiger partial charge on any atom is -0.365 e. The minimum atomic E-state index is 0.514. The quantitative estimate of drug-likeness (QED) is 0.781. The van der Waals surface area contributed by atoms with Crippen molar-refractivity contribution in [1.29, 1.82) is 0 Å². The fraction of sp³-hybridized carbons (Fsp3) is 0.250. The molecular formula is C8H9BrClN3S. The average Bonchev–Trinajstić information content (AvgIpc) is 2.19. The summed E-state index contributed by atoms with van der Waals surface area (Å²) >= 11 is 14.2. The van der Waals surface area contributed by atoms with Crippen LogP contribution in [0.2, 0.25) is 5.02 Å². The van der Waals surface area contributed by atoms with Crippen LogP contribution >= 0.6 is 39.7 Å². The smallest absolute Gasteiger partial charge is 0.171 e. The van der Waals surface area contributed by atoms with Gasteiger partial charge in [0.15, 0.2) is 5.11 Å². The van der Waals surface area contributed by atoms with Crippen LogP contribution in [0.5, 0.6) is 0 Å². The Balaban J connectivity index is 3.00. The SMILES string of the molecule is CNC(=S)Nc1ncc(Cl)c(C)c1Br. The van der Waals surface area contributed by atoms with E-state index in [4.69, 9.17) is 23.8 Å². The molecule has 0 saturated carbocycles. The average molecular weight is 295 g/mol. The second-order valence-electron chi connectivity index (χ2n) is 2.60. The largest absolute Gasteiger partial charge is 0.365 e. The normalized spacial score (nSPS) is 9.71. The van der Waals surface area contributed by atoms with Crippen molar-refractivity contribution in [3.05, 3.63) is 21.3 Å². The Labute approximate surface area is 101 Å². The lowest BCUT2D eigenvalue weighted by molar-refractivity contribution is 1.18. The van der Waals surface area contributed by atoms with Crippen molar-refractivity contribution in [2.75, 3.05) is 12.4 Å².